The van der Waals surface area contributed by atoms with Gasteiger partial charge in [-0.1, -0.05) is 42.5 Å². The molecule has 1 aromatic heterocycles. The third kappa shape index (κ3) is 5.50. The van der Waals surface area contributed by atoms with Crippen LogP contribution in [0.4, 0.5) is 0 Å². The molecule has 0 amide bonds. The van der Waals surface area contributed by atoms with E-state index in [0.717, 1.165) is 13.0 Å². The molecule has 0 aliphatic rings. The zero-order chi connectivity index (χ0) is 14.9. The van der Waals surface area contributed by atoms with Crippen molar-refractivity contribution in [2.75, 3.05) is 26.7 Å². The number of aliphatic hydroxyl groups is 1. The molecule has 3 nitrogen and oxygen atoms in total. The maximum absolute atomic E-state index is 8.83. The van der Waals surface area contributed by atoms with Crippen LogP contribution >= 0.6 is 0 Å². The predicted molar refractivity (Wildman–Crippen MR) is 87.1 cm³/mol. The molecule has 1 aromatic carbocycles. The van der Waals surface area contributed by atoms with E-state index in [4.69, 9.17) is 5.11 Å². The molecule has 21 heavy (non-hydrogen) atoms. The van der Waals surface area contributed by atoms with Gasteiger partial charge in [0.2, 0.25) is 0 Å². The highest BCUT2D eigenvalue weighted by atomic mass is 16.3. The smallest absolute Gasteiger partial charge is 0.0558 e. The van der Waals surface area contributed by atoms with Crippen molar-refractivity contribution in [2.45, 2.75) is 6.42 Å². The molecule has 0 spiro atoms. The average Bonchev–Trinajstić information content (AvgIpc) is 2.50. The van der Waals surface area contributed by atoms with Gasteiger partial charge in [-0.25, -0.2) is 0 Å². The Morgan fingerprint density at radius 1 is 1.14 bits per heavy atom. The fourth-order valence-corrected chi connectivity index (χ4v) is 2.12. The number of nitrogens with zero attached hydrogens (tertiary/aromatic N) is 2. The minimum Gasteiger partial charge on any atom is -0.395 e. The first kappa shape index (κ1) is 15.4. The van der Waals surface area contributed by atoms with E-state index in [0.29, 0.717) is 6.54 Å². The van der Waals surface area contributed by atoms with E-state index < -0.39 is 0 Å². The van der Waals surface area contributed by atoms with Gasteiger partial charge < -0.3 is 10.0 Å². The van der Waals surface area contributed by atoms with Crippen molar-refractivity contribution in [3.63, 3.8) is 0 Å². The van der Waals surface area contributed by atoms with Crippen molar-refractivity contribution < 1.29 is 5.11 Å². The molecule has 0 aliphatic heterocycles. The van der Waals surface area contributed by atoms with Crippen LogP contribution < -0.4 is 0 Å². The Bertz CT molecular complexity index is 549. The largest absolute Gasteiger partial charge is 0.395 e. The lowest BCUT2D eigenvalue weighted by Crippen LogP contribution is -2.21. The average molecular weight is 282 g/mol. The molecular formula is C18H22N2O. The number of aliphatic hydroxyl groups excluding tert-OH is 1. The summed E-state index contributed by atoms with van der Waals surface area (Å²) in [5.74, 6) is 0. The first-order valence-electron chi connectivity index (χ1n) is 7.22. The number of aromatic nitrogens is 1. The standard InChI is InChI=1S/C18H22N2O/c1-20(12-13-21)11-3-5-16-6-8-17(9-7-16)14-18-4-2-10-19-15-18/h2-10,15,21H,11-14H2,1H3. The molecular weight excluding hydrogens is 260 g/mol. The van der Waals surface area contributed by atoms with Crippen LogP contribution in [0, 0.1) is 0 Å². The van der Waals surface area contributed by atoms with Gasteiger partial charge in [-0.15, -0.1) is 0 Å². The Hall–Kier alpha value is -1.97. The molecule has 2 aromatic rings. The van der Waals surface area contributed by atoms with Gasteiger partial charge in [0.1, 0.15) is 0 Å². The molecule has 3 heteroatoms. The van der Waals surface area contributed by atoms with Gasteiger partial charge in [-0.05, 0) is 36.2 Å². The highest BCUT2D eigenvalue weighted by Gasteiger charge is 1.96. The fourth-order valence-electron chi connectivity index (χ4n) is 2.12. The quantitative estimate of drug-likeness (QED) is 0.848. The first-order valence-corrected chi connectivity index (χ1v) is 7.22. The molecule has 110 valence electrons. The number of hydrogen-bond acceptors (Lipinski definition) is 3. The Morgan fingerprint density at radius 3 is 2.62 bits per heavy atom. The van der Waals surface area contributed by atoms with Crippen molar-refractivity contribution >= 4 is 6.08 Å². The summed E-state index contributed by atoms with van der Waals surface area (Å²) in [5, 5.41) is 8.83. The molecule has 0 saturated heterocycles. The van der Waals surface area contributed by atoms with Crippen molar-refractivity contribution in [3.05, 3.63) is 71.6 Å². The van der Waals surface area contributed by atoms with Crippen LogP contribution in [-0.2, 0) is 6.42 Å². The molecule has 0 bridgehead atoms. The Balaban J connectivity index is 1.88. The van der Waals surface area contributed by atoms with Crippen LogP contribution in [0.2, 0.25) is 0 Å². The summed E-state index contributed by atoms with van der Waals surface area (Å²) in [4.78, 5) is 6.21. The highest BCUT2D eigenvalue weighted by Crippen LogP contribution is 2.11. The van der Waals surface area contributed by atoms with Gasteiger partial charge in [0.25, 0.3) is 0 Å². The van der Waals surface area contributed by atoms with Crippen LogP contribution in [0.1, 0.15) is 16.7 Å². The van der Waals surface area contributed by atoms with E-state index >= 15 is 0 Å². The zero-order valence-corrected chi connectivity index (χ0v) is 12.4. The third-order valence-electron chi connectivity index (χ3n) is 3.32. The van der Waals surface area contributed by atoms with Crippen molar-refractivity contribution in [1.29, 1.82) is 0 Å². The summed E-state index contributed by atoms with van der Waals surface area (Å²) in [6.45, 7) is 1.75. The molecule has 1 N–H and O–H groups in total. The highest BCUT2D eigenvalue weighted by molar-refractivity contribution is 5.50. The molecule has 0 saturated carbocycles. The maximum atomic E-state index is 8.83. The van der Waals surface area contributed by atoms with Gasteiger partial charge in [0.05, 0.1) is 6.61 Å². The zero-order valence-electron chi connectivity index (χ0n) is 12.4. The van der Waals surface area contributed by atoms with E-state index in [-0.39, 0.29) is 6.61 Å². The fraction of sp³-hybridized carbons (Fsp3) is 0.278. The molecule has 0 radical (unpaired) electrons. The number of pyridine rings is 1. The number of rotatable bonds is 7. The van der Waals surface area contributed by atoms with E-state index in [1.54, 1.807) is 6.20 Å². The van der Waals surface area contributed by atoms with Crippen LogP contribution in [0.3, 0.4) is 0 Å². The molecule has 0 aliphatic carbocycles. The van der Waals surface area contributed by atoms with Crippen LogP contribution in [-0.4, -0.2) is 41.7 Å². The normalized spacial score (nSPS) is 11.4. The molecule has 1 heterocycles. The predicted octanol–water partition coefficient (Wildman–Crippen LogP) is 2.61. The SMILES string of the molecule is CN(CC=Cc1ccc(Cc2cccnc2)cc1)CCO. The third-order valence-corrected chi connectivity index (χ3v) is 3.32. The van der Waals surface area contributed by atoms with E-state index in [1.165, 1.54) is 16.7 Å². The second kappa shape index (κ2) is 8.35. The van der Waals surface area contributed by atoms with E-state index in [9.17, 15) is 0 Å². The molecule has 2 rings (SSSR count). The minimum absolute atomic E-state index is 0.202. The van der Waals surface area contributed by atoms with Gasteiger partial charge in [0, 0.05) is 25.5 Å². The Labute approximate surface area is 126 Å². The maximum Gasteiger partial charge on any atom is 0.0558 e. The molecule has 0 atom stereocenters. The summed E-state index contributed by atoms with van der Waals surface area (Å²) in [5.41, 5.74) is 3.71. The van der Waals surface area contributed by atoms with Crippen molar-refractivity contribution in [3.8, 4) is 0 Å². The van der Waals surface area contributed by atoms with E-state index in [1.807, 2.05) is 19.3 Å². The van der Waals surface area contributed by atoms with Crippen LogP contribution in [0.5, 0.6) is 0 Å². The summed E-state index contributed by atoms with van der Waals surface area (Å²) in [6, 6.07) is 12.6. The second-order valence-corrected chi connectivity index (χ2v) is 5.17. The lowest BCUT2D eigenvalue weighted by atomic mass is 10.0. The number of benzene rings is 1. The minimum atomic E-state index is 0.202. The Morgan fingerprint density at radius 2 is 1.95 bits per heavy atom. The summed E-state index contributed by atoms with van der Waals surface area (Å²) in [6.07, 6.45) is 8.85. The molecule has 0 fully saturated rings. The van der Waals surface area contributed by atoms with Gasteiger partial charge in [-0.2, -0.15) is 0 Å². The molecule has 0 unspecified atom stereocenters. The lowest BCUT2D eigenvalue weighted by molar-refractivity contribution is 0.232. The number of hydrogen-bond donors (Lipinski definition) is 1. The van der Waals surface area contributed by atoms with Crippen molar-refractivity contribution in [1.82, 2.24) is 9.88 Å². The van der Waals surface area contributed by atoms with Gasteiger partial charge in [-0.3, -0.25) is 4.98 Å². The van der Waals surface area contributed by atoms with E-state index in [2.05, 4.69) is 52.4 Å². The van der Waals surface area contributed by atoms with Gasteiger partial charge in [0.15, 0.2) is 0 Å². The lowest BCUT2D eigenvalue weighted by Gasteiger charge is -2.11. The number of likely N-dealkylation sites (N-methyl/N-ethyl adjacent to an activating group) is 1. The second-order valence-electron chi connectivity index (χ2n) is 5.17. The summed E-state index contributed by atoms with van der Waals surface area (Å²) < 4.78 is 0. The van der Waals surface area contributed by atoms with Crippen LogP contribution in [0.25, 0.3) is 6.08 Å². The van der Waals surface area contributed by atoms with Crippen molar-refractivity contribution in [2.24, 2.45) is 0 Å². The Kier molecular flexibility index (Phi) is 6.13. The topological polar surface area (TPSA) is 36.4 Å². The summed E-state index contributed by atoms with van der Waals surface area (Å²) in [7, 11) is 2.00. The monoisotopic (exact) mass is 282 g/mol. The van der Waals surface area contributed by atoms with Gasteiger partial charge >= 0.3 is 0 Å². The first-order chi connectivity index (χ1) is 10.3. The van der Waals surface area contributed by atoms with Crippen LogP contribution in [0.15, 0.2) is 54.9 Å². The summed E-state index contributed by atoms with van der Waals surface area (Å²) >= 11 is 0.